The topological polar surface area (TPSA) is 71.5 Å². The molecular formula is C18H24N6. The number of nitrogens with zero attached hydrogens (tertiary/aromatic N) is 4. The Hall–Kier alpha value is -2.60. The summed E-state index contributed by atoms with van der Waals surface area (Å²) in [5, 5.41) is 8.45. The lowest BCUT2D eigenvalue weighted by molar-refractivity contribution is 0.444. The van der Waals surface area contributed by atoms with Gasteiger partial charge in [0.1, 0.15) is 0 Å². The Kier molecular flexibility index (Phi) is 4.96. The van der Waals surface area contributed by atoms with Gasteiger partial charge in [0.15, 0.2) is 0 Å². The number of hydrogen-bond donors (Lipinski definition) is 2. The van der Waals surface area contributed by atoms with Gasteiger partial charge in [0, 0.05) is 61.2 Å². The van der Waals surface area contributed by atoms with Gasteiger partial charge in [0.05, 0.1) is 6.20 Å². The van der Waals surface area contributed by atoms with E-state index in [2.05, 4.69) is 33.2 Å². The average Bonchev–Trinajstić information content (AvgIpc) is 3.19. The second-order valence-corrected chi connectivity index (χ2v) is 6.01. The van der Waals surface area contributed by atoms with Gasteiger partial charge < -0.3 is 10.6 Å². The van der Waals surface area contributed by atoms with Crippen LogP contribution in [0.15, 0.2) is 59.3 Å². The number of allylic oxidation sites excluding steroid dienone is 2. The number of nitrogens with one attached hydrogen (secondary N) is 1. The summed E-state index contributed by atoms with van der Waals surface area (Å²) >= 11 is 0. The van der Waals surface area contributed by atoms with Crippen LogP contribution in [0.4, 0.5) is 0 Å². The maximum absolute atomic E-state index is 5.61. The van der Waals surface area contributed by atoms with E-state index in [1.807, 2.05) is 31.7 Å². The fourth-order valence-electron chi connectivity index (χ4n) is 3.03. The van der Waals surface area contributed by atoms with Gasteiger partial charge in [-0.1, -0.05) is 18.2 Å². The molecule has 0 aromatic carbocycles. The van der Waals surface area contributed by atoms with Crippen molar-refractivity contribution in [3.05, 3.63) is 59.7 Å². The van der Waals surface area contributed by atoms with Crippen molar-refractivity contribution in [2.75, 3.05) is 19.6 Å². The zero-order valence-electron chi connectivity index (χ0n) is 14.1. The Balaban J connectivity index is 1.85. The highest BCUT2D eigenvalue weighted by Gasteiger charge is 2.23. The van der Waals surface area contributed by atoms with E-state index in [4.69, 9.17) is 5.73 Å². The summed E-state index contributed by atoms with van der Waals surface area (Å²) in [7, 11) is 1.91. The maximum atomic E-state index is 5.61. The highest BCUT2D eigenvalue weighted by Crippen LogP contribution is 2.32. The van der Waals surface area contributed by atoms with Gasteiger partial charge in [-0.15, -0.1) is 0 Å². The standard InChI is InChI=1S/C18H24N6/c1-14-17(16-10-22-23(2)13-16)11-21-20-8-5-18(14)24-9-6-15(12-24)4-3-7-19/h4-5,8,10-11,13,21H,1,3,6-7,9,12,19H2,2H3/b15-4-,17-11+,18-5+,20-8-. The molecule has 2 aliphatic rings. The van der Waals surface area contributed by atoms with Gasteiger partial charge in [-0.2, -0.15) is 10.2 Å². The molecule has 1 aromatic heterocycles. The Labute approximate surface area is 142 Å². The minimum atomic E-state index is 0.700. The van der Waals surface area contributed by atoms with Crippen LogP contribution in [0.5, 0.6) is 0 Å². The predicted molar refractivity (Wildman–Crippen MR) is 98.0 cm³/mol. The zero-order valence-corrected chi connectivity index (χ0v) is 14.1. The molecule has 126 valence electrons. The van der Waals surface area contributed by atoms with E-state index in [1.54, 1.807) is 10.9 Å². The third-order valence-electron chi connectivity index (χ3n) is 4.28. The van der Waals surface area contributed by atoms with Crippen molar-refractivity contribution in [3.8, 4) is 0 Å². The number of nitrogens with two attached hydrogens (primary N) is 1. The first-order chi connectivity index (χ1) is 11.7. The van der Waals surface area contributed by atoms with Gasteiger partial charge in [0.25, 0.3) is 0 Å². The first-order valence-corrected chi connectivity index (χ1v) is 8.19. The summed E-state index contributed by atoms with van der Waals surface area (Å²) in [4.78, 5) is 2.35. The van der Waals surface area contributed by atoms with Crippen LogP contribution in [0.3, 0.4) is 0 Å². The van der Waals surface area contributed by atoms with Crippen LogP contribution in [-0.4, -0.2) is 40.5 Å². The largest absolute Gasteiger partial charge is 0.367 e. The van der Waals surface area contributed by atoms with Crippen molar-refractivity contribution in [1.29, 1.82) is 0 Å². The van der Waals surface area contributed by atoms with Crippen LogP contribution >= 0.6 is 0 Å². The Morgan fingerprint density at radius 2 is 2.33 bits per heavy atom. The summed E-state index contributed by atoms with van der Waals surface area (Å²) in [6.07, 6.45) is 13.8. The normalized spacial score (nSPS) is 25.5. The van der Waals surface area contributed by atoms with E-state index in [9.17, 15) is 0 Å². The molecule has 24 heavy (non-hydrogen) atoms. The molecule has 6 nitrogen and oxygen atoms in total. The average molecular weight is 324 g/mol. The molecule has 0 saturated carbocycles. The van der Waals surface area contributed by atoms with Gasteiger partial charge in [-0.3, -0.25) is 10.1 Å². The lowest BCUT2D eigenvalue weighted by Crippen LogP contribution is -2.21. The molecular weight excluding hydrogens is 300 g/mol. The summed E-state index contributed by atoms with van der Waals surface area (Å²) < 4.78 is 1.79. The van der Waals surface area contributed by atoms with Crippen molar-refractivity contribution in [1.82, 2.24) is 20.1 Å². The number of hydrazone groups is 1. The number of aryl methyl sites for hydroxylation is 1. The molecule has 3 rings (SSSR count). The molecule has 0 atom stereocenters. The lowest BCUT2D eigenvalue weighted by atomic mass is 9.99. The third-order valence-corrected chi connectivity index (χ3v) is 4.28. The summed E-state index contributed by atoms with van der Waals surface area (Å²) in [5.41, 5.74) is 14.1. The van der Waals surface area contributed by atoms with E-state index in [1.165, 1.54) is 5.57 Å². The quantitative estimate of drug-likeness (QED) is 0.828. The predicted octanol–water partition coefficient (Wildman–Crippen LogP) is 1.77. The molecule has 0 spiro atoms. The van der Waals surface area contributed by atoms with Crippen molar-refractivity contribution in [3.63, 3.8) is 0 Å². The highest BCUT2D eigenvalue weighted by atomic mass is 15.3. The fraction of sp³-hybridized carbons (Fsp3) is 0.333. The molecule has 0 unspecified atom stereocenters. The SMILES string of the molecule is C=C1/C(c2cnn(C)c2)=C\N/N=C\C=C/1N1CC/C(=C/CCN)C1. The minimum Gasteiger partial charge on any atom is -0.367 e. The number of hydrogen-bond acceptors (Lipinski definition) is 5. The molecule has 6 heteroatoms. The van der Waals surface area contributed by atoms with Gasteiger partial charge >= 0.3 is 0 Å². The van der Waals surface area contributed by atoms with Crippen molar-refractivity contribution in [2.24, 2.45) is 17.9 Å². The molecule has 2 aliphatic heterocycles. The minimum absolute atomic E-state index is 0.700. The second-order valence-electron chi connectivity index (χ2n) is 6.01. The van der Waals surface area contributed by atoms with Crippen LogP contribution < -0.4 is 11.2 Å². The summed E-state index contributed by atoms with van der Waals surface area (Å²) in [6, 6.07) is 0. The van der Waals surface area contributed by atoms with Crippen molar-refractivity contribution >= 4 is 11.8 Å². The fourth-order valence-corrected chi connectivity index (χ4v) is 3.03. The Morgan fingerprint density at radius 1 is 1.46 bits per heavy atom. The van der Waals surface area contributed by atoms with Gasteiger partial charge in [-0.25, -0.2) is 0 Å². The monoisotopic (exact) mass is 324 g/mol. The first-order valence-electron chi connectivity index (χ1n) is 8.19. The molecule has 3 heterocycles. The maximum Gasteiger partial charge on any atom is 0.0568 e. The molecule has 0 radical (unpaired) electrons. The van der Waals surface area contributed by atoms with Crippen molar-refractivity contribution in [2.45, 2.75) is 12.8 Å². The number of rotatable bonds is 4. The Morgan fingerprint density at radius 3 is 3.08 bits per heavy atom. The van der Waals surface area contributed by atoms with E-state index in [0.29, 0.717) is 6.54 Å². The van der Waals surface area contributed by atoms with Gasteiger partial charge in [-0.05, 0) is 25.5 Å². The molecule has 1 fully saturated rings. The van der Waals surface area contributed by atoms with Crippen LogP contribution in [0.2, 0.25) is 0 Å². The molecule has 1 aromatic rings. The lowest BCUT2D eigenvalue weighted by Gasteiger charge is -2.24. The van der Waals surface area contributed by atoms with Crippen LogP contribution in [0.1, 0.15) is 18.4 Å². The van der Waals surface area contributed by atoms with E-state index in [-0.39, 0.29) is 0 Å². The third kappa shape index (κ3) is 3.49. The van der Waals surface area contributed by atoms with Crippen LogP contribution in [0, 0.1) is 0 Å². The van der Waals surface area contributed by atoms with E-state index in [0.717, 1.165) is 48.3 Å². The van der Waals surface area contributed by atoms with Crippen molar-refractivity contribution < 1.29 is 0 Å². The molecule has 0 aliphatic carbocycles. The van der Waals surface area contributed by atoms with Crippen LogP contribution in [-0.2, 0) is 7.05 Å². The first kappa shape index (κ1) is 16.3. The molecule has 1 saturated heterocycles. The number of aromatic nitrogens is 2. The van der Waals surface area contributed by atoms with E-state index < -0.39 is 0 Å². The van der Waals surface area contributed by atoms with E-state index >= 15 is 0 Å². The molecule has 3 N–H and O–H groups in total. The second kappa shape index (κ2) is 7.31. The smallest absolute Gasteiger partial charge is 0.0568 e. The zero-order chi connectivity index (χ0) is 16.9. The number of likely N-dealkylation sites (tertiary alicyclic amines) is 1. The summed E-state index contributed by atoms with van der Waals surface area (Å²) in [5.74, 6) is 0. The molecule has 0 bridgehead atoms. The Bertz CT molecular complexity index is 734. The summed E-state index contributed by atoms with van der Waals surface area (Å²) in [6.45, 7) is 6.95. The van der Waals surface area contributed by atoms with Crippen LogP contribution in [0.25, 0.3) is 5.57 Å². The highest BCUT2D eigenvalue weighted by molar-refractivity contribution is 5.86. The molecule has 0 amide bonds. The van der Waals surface area contributed by atoms with Gasteiger partial charge in [0.2, 0.25) is 0 Å².